The molecule has 2 aromatic rings. The number of amides is 1. The van der Waals surface area contributed by atoms with Gasteiger partial charge in [0.15, 0.2) is 6.10 Å². The SMILES string of the molecule is CCc1c(NC(=O)C(C)Oc2cccc(CO)c2)cnn1CC(C)C. The molecule has 1 heterocycles. The van der Waals surface area contributed by atoms with Crippen molar-refractivity contribution >= 4 is 11.6 Å². The summed E-state index contributed by atoms with van der Waals surface area (Å²) in [5.41, 5.74) is 2.48. The van der Waals surface area contributed by atoms with Gasteiger partial charge >= 0.3 is 0 Å². The summed E-state index contributed by atoms with van der Waals surface area (Å²) in [6.45, 7) is 8.77. The second-order valence-corrected chi connectivity index (χ2v) is 6.49. The number of ether oxygens (including phenoxy) is 1. The van der Waals surface area contributed by atoms with Crippen LogP contribution in [-0.2, 0) is 24.4 Å². The third-order valence-corrected chi connectivity index (χ3v) is 3.84. The van der Waals surface area contributed by atoms with Crippen molar-refractivity contribution in [3.8, 4) is 5.75 Å². The molecule has 1 aromatic carbocycles. The number of aliphatic hydroxyl groups is 1. The van der Waals surface area contributed by atoms with Crippen LogP contribution in [0.3, 0.4) is 0 Å². The molecule has 0 spiro atoms. The Balaban J connectivity index is 2.04. The lowest BCUT2D eigenvalue weighted by atomic mass is 10.2. The van der Waals surface area contributed by atoms with Crippen molar-refractivity contribution in [2.75, 3.05) is 5.32 Å². The predicted octanol–water partition coefficient (Wildman–Crippen LogP) is 3.00. The largest absolute Gasteiger partial charge is 0.481 e. The zero-order chi connectivity index (χ0) is 18.4. The molecule has 0 radical (unpaired) electrons. The lowest BCUT2D eigenvalue weighted by Gasteiger charge is -2.16. The van der Waals surface area contributed by atoms with Gasteiger partial charge in [0.1, 0.15) is 5.75 Å². The van der Waals surface area contributed by atoms with Gasteiger partial charge in [-0.3, -0.25) is 9.48 Å². The van der Waals surface area contributed by atoms with Gasteiger partial charge in [0.2, 0.25) is 0 Å². The zero-order valence-corrected chi connectivity index (χ0v) is 15.3. The lowest BCUT2D eigenvalue weighted by molar-refractivity contribution is -0.122. The minimum atomic E-state index is -0.660. The molecule has 1 unspecified atom stereocenters. The summed E-state index contributed by atoms with van der Waals surface area (Å²) in [7, 11) is 0. The first-order chi connectivity index (χ1) is 11.9. The van der Waals surface area contributed by atoms with Crippen molar-refractivity contribution in [1.29, 1.82) is 0 Å². The van der Waals surface area contributed by atoms with Crippen LogP contribution < -0.4 is 10.1 Å². The van der Waals surface area contributed by atoms with Crippen LogP contribution in [-0.4, -0.2) is 26.9 Å². The fourth-order valence-corrected chi connectivity index (χ4v) is 2.60. The first-order valence-electron chi connectivity index (χ1n) is 8.66. The second-order valence-electron chi connectivity index (χ2n) is 6.49. The molecule has 0 aliphatic carbocycles. The lowest BCUT2D eigenvalue weighted by Crippen LogP contribution is -2.30. The molecule has 136 valence electrons. The van der Waals surface area contributed by atoms with Gasteiger partial charge in [-0.05, 0) is 37.0 Å². The van der Waals surface area contributed by atoms with Gasteiger partial charge in [-0.15, -0.1) is 0 Å². The van der Waals surface area contributed by atoms with Crippen LogP contribution >= 0.6 is 0 Å². The molecule has 0 bridgehead atoms. The summed E-state index contributed by atoms with van der Waals surface area (Å²) in [5, 5.41) is 16.5. The number of benzene rings is 1. The number of nitrogens with one attached hydrogen (secondary N) is 1. The van der Waals surface area contributed by atoms with E-state index in [0.29, 0.717) is 11.7 Å². The van der Waals surface area contributed by atoms with E-state index in [0.717, 1.165) is 29.9 Å². The van der Waals surface area contributed by atoms with Crippen molar-refractivity contribution < 1.29 is 14.6 Å². The molecule has 0 aliphatic rings. The highest BCUT2D eigenvalue weighted by Crippen LogP contribution is 2.19. The van der Waals surface area contributed by atoms with Gasteiger partial charge in [-0.25, -0.2) is 0 Å². The molecule has 1 aromatic heterocycles. The molecule has 0 fully saturated rings. The van der Waals surface area contributed by atoms with Crippen LogP contribution in [0.15, 0.2) is 30.5 Å². The minimum absolute atomic E-state index is 0.0628. The topological polar surface area (TPSA) is 76.4 Å². The summed E-state index contributed by atoms with van der Waals surface area (Å²) in [5.74, 6) is 0.809. The van der Waals surface area contributed by atoms with Crippen LogP contribution in [0.5, 0.6) is 5.75 Å². The molecule has 6 heteroatoms. The number of hydrogen-bond donors (Lipinski definition) is 2. The Labute approximate surface area is 148 Å². The number of rotatable bonds is 8. The third-order valence-electron chi connectivity index (χ3n) is 3.84. The van der Waals surface area contributed by atoms with Crippen LogP contribution in [0.25, 0.3) is 0 Å². The number of carbonyl (C=O) groups excluding carboxylic acids is 1. The Morgan fingerprint density at radius 2 is 2.12 bits per heavy atom. The van der Waals surface area contributed by atoms with Crippen LogP contribution in [0, 0.1) is 5.92 Å². The first kappa shape index (κ1) is 19.0. The van der Waals surface area contributed by atoms with Crippen molar-refractivity contribution in [3.63, 3.8) is 0 Å². The molecule has 0 saturated heterocycles. The zero-order valence-electron chi connectivity index (χ0n) is 15.3. The van der Waals surface area contributed by atoms with E-state index in [1.54, 1.807) is 37.4 Å². The summed E-state index contributed by atoms with van der Waals surface area (Å²) in [6, 6.07) is 7.08. The highest BCUT2D eigenvalue weighted by atomic mass is 16.5. The molecule has 0 aliphatic heterocycles. The van der Waals surface area contributed by atoms with Crippen LogP contribution in [0.4, 0.5) is 5.69 Å². The molecule has 1 atom stereocenters. The van der Waals surface area contributed by atoms with Gasteiger partial charge in [0.05, 0.1) is 24.2 Å². The van der Waals surface area contributed by atoms with Gasteiger partial charge in [-0.2, -0.15) is 5.10 Å². The summed E-state index contributed by atoms with van der Waals surface area (Å²) in [4.78, 5) is 12.4. The van der Waals surface area contributed by atoms with Gasteiger partial charge in [0.25, 0.3) is 5.91 Å². The van der Waals surface area contributed by atoms with E-state index in [1.807, 2.05) is 11.6 Å². The Bertz CT molecular complexity index is 710. The maximum atomic E-state index is 12.4. The van der Waals surface area contributed by atoms with E-state index in [1.165, 1.54) is 0 Å². The summed E-state index contributed by atoms with van der Waals surface area (Å²) < 4.78 is 7.63. The van der Waals surface area contributed by atoms with Gasteiger partial charge in [0, 0.05) is 6.54 Å². The summed E-state index contributed by atoms with van der Waals surface area (Å²) in [6.07, 6.45) is 1.82. The number of hydrogen-bond acceptors (Lipinski definition) is 4. The highest BCUT2D eigenvalue weighted by molar-refractivity contribution is 5.94. The average molecular weight is 345 g/mol. The third kappa shape index (κ3) is 5.06. The van der Waals surface area contributed by atoms with Crippen molar-refractivity contribution in [3.05, 3.63) is 41.7 Å². The minimum Gasteiger partial charge on any atom is -0.481 e. The predicted molar refractivity (Wildman–Crippen MR) is 97.5 cm³/mol. The maximum absolute atomic E-state index is 12.4. The molecule has 25 heavy (non-hydrogen) atoms. The second kappa shape index (κ2) is 8.67. The Hall–Kier alpha value is -2.34. The fraction of sp³-hybridized carbons (Fsp3) is 0.474. The monoisotopic (exact) mass is 345 g/mol. The fourth-order valence-electron chi connectivity index (χ4n) is 2.60. The van der Waals surface area contributed by atoms with Crippen LogP contribution in [0.2, 0.25) is 0 Å². The quantitative estimate of drug-likeness (QED) is 0.771. The van der Waals surface area contributed by atoms with E-state index in [2.05, 4.69) is 24.3 Å². The number of carbonyl (C=O) groups is 1. The van der Waals surface area contributed by atoms with E-state index in [4.69, 9.17) is 4.74 Å². The Kier molecular flexibility index (Phi) is 6.58. The number of nitrogens with zero attached hydrogens (tertiary/aromatic N) is 2. The highest BCUT2D eigenvalue weighted by Gasteiger charge is 2.18. The van der Waals surface area contributed by atoms with Crippen molar-refractivity contribution in [2.45, 2.75) is 53.4 Å². The molecule has 6 nitrogen and oxygen atoms in total. The normalized spacial score (nSPS) is 12.2. The number of aromatic nitrogens is 2. The number of aliphatic hydroxyl groups excluding tert-OH is 1. The molecular formula is C19H27N3O3. The average Bonchev–Trinajstić information content (AvgIpc) is 2.95. The van der Waals surface area contributed by atoms with E-state index in [9.17, 15) is 9.90 Å². The molecular weight excluding hydrogens is 318 g/mol. The Morgan fingerprint density at radius 3 is 2.76 bits per heavy atom. The van der Waals surface area contributed by atoms with Crippen molar-refractivity contribution in [2.24, 2.45) is 5.92 Å². The Morgan fingerprint density at radius 1 is 1.36 bits per heavy atom. The first-order valence-corrected chi connectivity index (χ1v) is 8.66. The van der Waals surface area contributed by atoms with Gasteiger partial charge in [-0.1, -0.05) is 32.9 Å². The molecule has 1 amide bonds. The van der Waals surface area contributed by atoms with E-state index >= 15 is 0 Å². The molecule has 0 saturated carbocycles. The number of anilines is 1. The van der Waals surface area contributed by atoms with E-state index < -0.39 is 6.10 Å². The molecule has 2 N–H and O–H groups in total. The maximum Gasteiger partial charge on any atom is 0.265 e. The smallest absolute Gasteiger partial charge is 0.265 e. The van der Waals surface area contributed by atoms with Gasteiger partial charge < -0.3 is 15.2 Å². The van der Waals surface area contributed by atoms with Crippen LogP contribution in [0.1, 0.15) is 39.0 Å². The van der Waals surface area contributed by atoms with E-state index in [-0.39, 0.29) is 12.5 Å². The van der Waals surface area contributed by atoms with Crippen molar-refractivity contribution in [1.82, 2.24) is 9.78 Å². The standard InChI is InChI=1S/C19H27N3O3/c1-5-18-17(10-20-22(18)11-13(2)3)21-19(24)14(4)25-16-8-6-7-15(9-16)12-23/h6-10,13-14,23H,5,11-12H2,1-4H3,(H,21,24). The summed E-state index contributed by atoms with van der Waals surface area (Å²) >= 11 is 0. The molecule has 2 rings (SSSR count).